The molecule has 0 aromatic carbocycles. The Bertz CT molecular complexity index is 1290. The standard InChI is InChI=1S/C36H56O10/c1-31(2)23-8-11-36(7)28(34(23,5)10-9-24(31)46-29(43)27(42)26(41)25(40)22(39)18-37)21(38)16-19-20-17-33(4,30(44)45)13-12-32(20,3)14-15-35(19,36)6/h16,20,22-28,37,39-42H,8-15,17-18H2,1-7H3,(H,44,45). The first-order valence-corrected chi connectivity index (χ1v) is 17.2. The van der Waals surface area contributed by atoms with E-state index in [1.807, 2.05) is 26.8 Å². The molecule has 260 valence electrons. The highest BCUT2D eigenvalue weighted by Crippen LogP contribution is 2.75. The molecule has 0 radical (unpaired) electrons. The largest absolute Gasteiger partial charge is 0.481 e. The van der Waals surface area contributed by atoms with Crippen molar-refractivity contribution < 1.29 is 49.8 Å². The fourth-order valence-corrected chi connectivity index (χ4v) is 11.4. The molecule has 46 heavy (non-hydrogen) atoms. The van der Waals surface area contributed by atoms with Crippen LogP contribution in [0.25, 0.3) is 0 Å². The van der Waals surface area contributed by atoms with E-state index in [0.29, 0.717) is 25.7 Å². The van der Waals surface area contributed by atoms with Crippen molar-refractivity contribution in [3.05, 3.63) is 11.6 Å². The van der Waals surface area contributed by atoms with Crippen LogP contribution in [0.5, 0.6) is 0 Å². The molecular formula is C36H56O10. The molecule has 0 aliphatic heterocycles. The van der Waals surface area contributed by atoms with E-state index in [0.717, 1.165) is 37.7 Å². The number of fused-ring (bicyclic) bond motifs is 7. The Labute approximate surface area is 272 Å². The highest BCUT2D eigenvalue weighted by molar-refractivity contribution is 5.95. The lowest BCUT2D eigenvalue weighted by atomic mass is 9.33. The second kappa shape index (κ2) is 11.4. The molecule has 0 bridgehead atoms. The lowest BCUT2D eigenvalue weighted by Crippen LogP contribution is -2.67. The van der Waals surface area contributed by atoms with Gasteiger partial charge in [0.1, 0.15) is 24.4 Å². The van der Waals surface area contributed by atoms with E-state index in [2.05, 4.69) is 27.7 Å². The van der Waals surface area contributed by atoms with Crippen molar-refractivity contribution >= 4 is 17.7 Å². The lowest BCUT2D eigenvalue weighted by molar-refractivity contribution is -0.217. The van der Waals surface area contributed by atoms with E-state index in [1.165, 1.54) is 0 Å². The van der Waals surface area contributed by atoms with Crippen molar-refractivity contribution in [3.63, 3.8) is 0 Å². The topological polar surface area (TPSA) is 182 Å². The van der Waals surface area contributed by atoms with Crippen molar-refractivity contribution in [2.75, 3.05) is 6.61 Å². The summed E-state index contributed by atoms with van der Waals surface area (Å²) in [5.74, 6) is -1.96. The van der Waals surface area contributed by atoms with Crippen LogP contribution < -0.4 is 0 Å². The van der Waals surface area contributed by atoms with E-state index in [1.54, 1.807) is 0 Å². The summed E-state index contributed by atoms with van der Waals surface area (Å²) in [6.07, 6.45) is 0.130. The van der Waals surface area contributed by atoms with Gasteiger partial charge in [0, 0.05) is 11.3 Å². The van der Waals surface area contributed by atoms with Gasteiger partial charge >= 0.3 is 11.9 Å². The predicted octanol–water partition coefficient (Wildman–Crippen LogP) is 3.40. The van der Waals surface area contributed by atoms with E-state index < -0.39 is 65.3 Å². The maximum atomic E-state index is 14.5. The molecule has 4 saturated carbocycles. The molecule has 4 fully saturated rings. The first-order chi connectivity index (χ1) is 21.1. The number of carboxylic acid groups (broad SMARTS) is 1. The Morgan fingerprint density at radius 1 is 0.891 bits per heavy atom. The summed E-state index contributed by atoms with van der Waals surface area (Å²) < 4.78 is 5.80. The predicted molar refractivity (Wildman–Crippen MR) is 168 cm³/mol. The van der Waals surface area contributed by atoms with Crippen molar-refractivity contribution in [2.24, 2.45) is 50.2 Å². The van der Waals surface area contributed by atoms with Gasteiger partial charge in [-0.25, -0.2) is 4.79 Å². The quantitative estimate of drug-likeness (QED) is 0.224. The van der Waals surface area contributed by atoms with Gasteiger partial charge in [-0.3, -0.25) is 9.59 Å². The normalized spacial score (nSPS) is 45.8. The van der Waals surface area contributed by atoms with Crippen LogP contribution in [0.3, 0.4) is 0 Å². The van der Waals surface area contributed by atoms with Crippen molar-refractivity contribution in [2.45, 2.75) is 137 Å². The van der Waals surface area contributed by atoms with E-state index in [9.17, 15) is 39.9 Å². The number of hydrogen-bond acceptors (Lipinski definition) is 9. The van der Waals surface area contributed by atoms with Crippen LogP contribution >= 0.6 is 0 Å². The van der Waals surface area contributed by atoms with Crippen molar-refractivity contribution in [3.8, 4) is 0 Å². The maximum absolute atomic E-state index is 14.5. The van der Waals surface area contributed by atoms with Crippen LogP contribution in [-0.2, 0) is 19.1 Å². The van der Waals surface area contributed by atoms with Crippen molar-refractivity contribution in [1.29, 1.82) is 0 Å². The Balaban J connectivity index is 1.43. The molecule has 0 aromatic rings. The summed E-state index contributed by atoms with van der Waals surface area (Å²) in [5, 5.41) is 59.6. The zero-order valence-electron chi connectivity index (χ0n) is 28.6. The van der Waals surface area contributed by atoms with Crippen LogP contribution in [0, 0.1) is 50.2 Å². The molecule has 5 aliphatic rings. The molecule has 13 unspecified atom stereocenters. The number of ketones is 1. The molecular weight excluding hydrogens is 592 g/mol. The lowest BCUT2D eigenvalue weighted by Gasteiger charge is -2.70. The minimum atomic E-state index is -2.11. The zero-order chi connectivity index (χ0) is 34.4. The van der Waals surface area contributed by atoms with Gasteiger partial charge < -0.3 is 35.4 Å². The van der Waals surface area contributed by atoms with Gasteiger partial charge in [0.25, 0.3) is 0 Å². The first-order valence-electron chi connectivity index (χ1n) is 17.2. The molecule has 0 amide bonds. The highest BCUT2D eigenvalue weighted by Gasteiger charge is 2.70. The molecule has 5 rings (SSSR count). The van der Waals surface area contributed by atoms with Gasteiger partial charge in [0.2, 0.25) is 0 Å². The third-order valence-electron chi connectivity index (χ3n) is 14.8. The Hall–Kier alpha value is -1.85. The summed E-state index contributed by atoms with van der Waals surface area (Å²) in [6, 6.07) is 0. The number of carbonyl (C=O) groups excluding carboxylic acids is 2. The average Bonchev–Trinajstić information content (AvgIpc) is 2.98. The smallest absolute Gasteiger partial charge is 0.338 e. The molecule has 0 spiro atoms. The number of aliphatic carboxylic acids is 1. The summed E-state index contributed by atoms with van der Waals surface area (Å²) in [6.45, 7) is 14.2. The van der Waals surface area contributed by atoms with Crippen LogP contribution in [0.4, 0.5) is 0 Å². The molecule has 5 aliphatic carbocycles. The second-order valence-corrected chi connectivity index (χ2v) is 17.5. The van der Waals surface area contributed by atoms with Gasteiger partial charge in [-0.15, -0.1) is 0 Å². The summed E-state index contributed by atoms with van der Waals surface area (Å²) >= 11 is 0. The van der Waals surface area contributed by atoms with Gasteiger partial charge in [-0.2, -0.15) is 0 Å². The van der Waals surface area contributed by atoms with Crippen LogP contribution in [0.15, 0.2) is 11.6 Å². The minimum Gasteiger partial charge on any atom is -0.481 e. The first kappa shape index (κ1) is 35.5. The fourth-order valence-electron chi connectivity index (χ4n) is 11.4. The highest BCUT2D eigenvalue weighted by atomic mass is 16.6. The van der Waals surface area contributed by atoms with E-state index in [4.69, 9.17) is 9.84 Å². The van der Waals surface area contributed by atoms with E-state index in [-0.39, 0.29) is 39.8 Å². The van der Waals surface area contributed by atoms with Gasteiger partial charge in [0.15, 0.2) is 11.9 Å². The molecule has 6 N–H and O–H groups in total. The SMILES string of the molecule is CC1(C(=O)O)CCC2(C)CCC3(C)C(=CC(=O)C4C5(C)CCC(OC(=O)C(O)C(O)C(O)C(O)CO)C(C)(C)C5CCC43C)C2C1. The van der Waals surface area contributed by atoms with Crippen LogP contribution in [0.1, 0.15) is 106 Å². The molecule has 10 heteroatoms. The van der Waals surface area contributed by atoms with Crippen LogP contribution in [-0.4, -0.2) is 85.5 Å². The number of allylic oxidation sites excluding steroid dienone is 2. The summed E-state index contributed by atoms with van der Waals surface area (Å²) in [4.78, 5) is 39.9. The number of carbonyl (C=O) groups is 3. The zero-order valence-corrected chi connectivity index (χ0v) is 28.6. The van der Waals surface area contributed by atoms with Gasteiger partial charge in [-0.05, 0) is 104 Å². The van der Waals surface area contributed by atoms with Crippen molar-refractivity contribution in [1.82, 2.24) is 0 Å². The number of hydrogen-bond donors (Lipinski definition) is 6. The third-order valence-corrected chi connectivity index (χ3v) is 14.8. The number of aliphatic hydroxyl groups is 5. The Kier molecular flexibility index (Phi) is 8.76. The molecule has 13 atom stereocenters. The number of esters is 1. The minimum absolute atomic E-state index is 0.00910. The Morgan fingerprint density at radius 2 is 1.52 bits per heavy atom. The second-order valence-electron chi connectivity index (χ2n) is 17.5. The Morgan fingerprint density at radius 3 is 2.13 bits per heavy atom. The third kappa shape index (κ3) is 4.94. The van der Waals surface area contributed by atoms with E-state index >= 15 is 0 Å². The fraction of sp³-hybridized carbons (Fsp3) is 0.861. The number of aliphatic hydroxyl groups excluding tert-OH is 5. The summed E-state index contributed by atoms with van der Waals surface area (Å²) in [7, 11) is 0. The van der Waals surface area contributed by atoms with Crippen LogP contribution in [0.2, 0.25) is 0 Å². The maximum Gasteiger partial charge on any atom is 0.338 e. The molecule has 0 aromatic heterocycles. The average molecular weight is 649 g/mol. The number of ether oxygens (including phenoxy) is 1. The molecule has 10 nitrogen and oxygen atoms in total. The monoisotopic (exact) mass is 648 g/mol. The summed E-state index contributed by atoms with van der Waals surface area (Å²) in [5.41, 5.74) is -1.25. The van der Waals surface area contributed by atoms with Gasteiger partial charge in [-0.1, -0.05) is 47.1 Å². The number of carboxylic acids is 1. The number of rotatable bonds is 7. The van der Waals surface area contributed by atoms with Gasteiger partial charge in [0.05, 0.1) is 12.0 Å². The molecule has 0 saturated heterocycles. The molecule has 0 heterocycles.